The number of aromatic nitrogens is 2. The summed E-state index contributed by atoms with van der Waals surface area (Å²) in [4.78, 5) is 38.9. The number of fused-ring (bicyclic) bond motifs is 1. The Morgan fingerprint density at radius 3 is 2.34 bits per heavy atom. The molecule has 0 spiro atoms. The third-order valence-corrected chi connectivity index (χ3v) is 6.55. The second-order valence-corrected chi connectivity index (χ2v) is 8.99. The molecule has 0 saturated carbocycles. The lowest BCUT2D eigenvalue weighted by Gasteiger charge is -2.13. The van der Waals surface area contributed by atoms with Gasteiger partial charge in [0.2, 0.25) is 5.91 Å². The Bertz CT molecular complexity index is 1410. The van der Waals surface area contributed by atoms with Crippen molar-refractivity contribution < 1.29 is 4.79 Å². The third-order valence-electron chi connectivity index (χ3n) is 5.66. The van der Waals surface area contributed by atoms with E-state index in [9.17, 15) is 14.4 Å². The van der Waals surface area contributed by atoms with Gasteiger partial charge in [-0.2, -0.15) is 0 Å². The van der Waals surface area contributed by atoms with Crippen LogP contribution in [0.4, 0.5) is 0 Å². The van der Waals surface area contributed by atoms with Crippen molar-refractivity contribution >= 4 is 27.5 Å². The Labute approximate surface area is 189 Å². The van der Waals surface area contributed by atoms with Gasteiger partial charge in [-0.1, -0.05) is 48.0 Å². The molecule has 0 unspecified atom stereocenters. The first-order chi connectivity index (χ1) is 15.3. The smallest absolute Gasteiger partial charge is 0.332 e. The lowest BCUT2D eigenvalue weighted by atomic mass is 10.1. The molecule has 2 heterocycles. The molecule has 0 aliphatic heterocycles. The van der Waals surface area contributed by atoms with Crippen LogP contribution in [0.5, 0.6) is 0 Å². The first-order valence-corrected chi connectivity index (χ1v) is 11.3. The molecule has 2 aromatic heterocycles. The van der Waals surface area contributed by atoms with Gasteiger partial charge in [0.25, 0.3) is 5.56 Å². The van der Waals surface area contributed by atoms with Crippen molar-refractivity contribution in [3.05, 3.63) is 103 Å². The largest absolute Gasteiger partial charge is 0.350 e. The van der Waals surface area contributed by atoms with Crippen LogP contribution in [-0.4, -0.2) is 15.0 Å². The maximum Gasteiger partial charge on any atom is 0.332 e. The molecule has 0 aliphatic rings. The van der Waals surface area contributed by atoms with Crippen molar-refractivity contribution in [1.82, 2.24) is 14.5 Å². The molecule has 164 valence electrons. The van der Waals surface area contributed by atoms with E-state index in [1.165, 1.54) is 20.5 Å². The van der Waals surface area contributed by atoms with Crippen LogP contribution in [0, 0.1) is 20.8 Å². The standard InChI is InChI=1S/C25H25N3O3S/c1-16-4-7-19(8-5-16)13-26-22(29)15-27-21-10-11-32-23(21)24(30)28(25(27)31)14-20-9-6-17(2)18(3)12-20/h4-12H,13-15H2,1-3H3,(H,26,29). The molecule has 1 amide bonds. The van der Waals surface area contributed by atoms with Crippen molar-refractivity contribution in [2.24, 2.45) is 0 Å². The van der Waals surface area contributed by atoms with Crippen LogP contribution in [0.15, 0.2) is 63.5 Å². The summed E-state index contributed by atoms with van der Waals surface area (Å²) in [6, 6.07) is 15.5. The molecule has 1 N–H and O–H groups in total. The lowest BCUT2D eigenvalue weighted by molar-refractivity contribution is -0.121. The Kier molecular flexibility index (Phi) is 6.10. The minimum Gasteiger partial charge on any atom is -0.350 e. The number of thiophene rings is 1. The number of amides is 1. The molecular weight excluding hydrogens is 422 g/mol. The first kappa shape index (κ1) is 21.8. The molecule has 0 atom stereocenters. The van der Waals surface area contributed by atoms with Crippen molar-refractivity contribution in [3.8, 4) is 0 Å². The molecule has 0 saturated heterocycles. The van der Waals surface area contributed by atoms with Crippen molar-refractivity contribution in [1.29, 1.82) is 0 Å². The number of hydrogen-bond acceptors (Lipinski definition) is 4. The van der Waals surface area contributed by atoms with E-state index >= 15 is 0 Å². The summed E-state index contributed by atoms with van der Waals surface area (Å²) in [6.45, 7) is 6.42. The van der Waals surface area contributed by atoms with Gasteiger partial charge in [-0.05, 0) is 54.5 Å². The summed E-state index contributed by atoms with van der Waals surface area (Å²) < 4.78 is 3.08. The van der Waals surface area contributed by atoms with Gasteiger partial charge in [-0.25, -0.2) is 4.79 Å². The second kappa shape index (κ2) is 8.96. The summed E-state index contributed by atoms with van der Waals surface area (Å²) in [5.74, 6) is -0.281. The lowest BCUT2D eigenvalue weighted by Crippen LogP contribution is -2.42. The number of nitrogens with one attached hydrogen (secondary N) is 1. The second-order valence-electron chi connectivity index (χ2n) is 8.08. The molecule has 0 aliphatic carbocycles. The van der Waals surface area contributed by atoms with Gasteiger partial charge in [0.15, 0.2) is 0 Å². The normalized spacial score (nSPS) is 11.1. The van der Waals surface area contributed by atoms with Gasteiger partial charge >= 0.3 is 5.69 Å². The van der Waals surface area contributed by atoms with Gasteiger partial charge in [0.05, 0.1) is 12.1 Å². The molecule has 32 heavy (non-hydrogen) atoms. The molecule has 0 bridgehead atoms. The maximum atomic E-state index is 13.3. The highest BCUT2D eigenvalue weighted by Crippen LogP contribution is 2.16. The van der Waals surface area contributed by atoms with E-state index in [0.29, 0.717) is 16.8 Å². The average molecular weight is 448 g/mol. The zero-order chi connectivity index (χ0) is 22.8. The molecule has 7 heteroatoms. The minimum absolute atomic E-state index is 0.148. The fraction of sp³-hybridized carbons (Fsp3) is 0.240. The first-order valence-electron chi connectivity index (χ1n) is 10.4. The van der Waals surface area contributed by atoms with Crippen molar-refractivity contribution in [2.45, 2.75) is 40.4 Å². The predicted octanol–water partition coefficient (Wildman–Crippen LogP) is 3.51. The highest BCUT2D eigenvalue weighted by molar-refractivity contribution is 7.17. The van der Waals surface area contributed by atoms with Gasteiger partial charge in [0, 0.05) is 6.54 Å². The number of carbonyl (C=O) groups excluding carboxylic acids is 1. The zero-order valence-electron chi connectivity index (χ0n) is 18.3. The Morgan fingerprint density at radius 2 is 1.62 bits per heavy atom. The SMILES string of the molecule is Cc1ccc(CNC(=O)Cn2c(=O)n(Cc3ccc(C)c(C)c3)c(=O)c3sccc32)cc1. The van der Waals surface area contributed by atoms with E-state index in [2.05, 4.69) is 5.32 Å². The highest BCUT2D eigenvalue weighted by Gasteiger charge is 2.17. The Hall–Kier alpha value is -3.45. The van der Waals surface area contributed by atoms with Crippen LogP contribution in [0.3, 0.4) is 0 Å². The number of nitrogens with zero attached hydrogens (tertiary/aromatic N) is 2. The van der Waals surface area contributed by atoms with Crippen molar-refractivity contribution in [3.63, 3.8) is 0 Å². The number of carbonyl (C=O) groups is 1. The van der Waals surface area contributed by atoms with E-state index in [4.69, 9.17) is 0 Å². The van der Waals surface area contributed by atoms with Gasteiger partial charge in [-0.15, -0.1) is 11.3 Å². The van der Waals surface area contributed by atoms with Crippen LogP contribution in [0.1, 0.15) is 27.8 Å². The number of aryl methyl sites for hydroxylation is 3. The molecular formula is C25H25N3O3S. The zero-order valence-corrected chi connectivity index (χ0v) is 19.2. The van der Waals surface area contributed by atoms with Crippen LogP contribution >= 0.6 is 11.3 Å². The van der Waals surface area contributed by atoms with Gasteiger partial charge in [0.1, 0.15) is 11.2 Å². The summed E-state index contributed by atoms with van der Waals surface area (Å²) in [6.07, 6.45) is 0. The monoisotopic (exact) mass is 447 g/mol. The van der Waals surface area contributed by atoms with Crippen molar-refractivity contribution in [2.75, 3.05) is 0 Å². The number of benzene rings is 2. The third kappa shape index (κ3) is 4.43. The Morgan fingerprint density at radius 1 is 0.906 bits per heavy atom. The van der Waals surface area contributed by atoms with Crippen LogP contribution in [0.25, 0.3) is 10.2 Å². The van der Waals surface area contributed by atoms with E-state index in [-0.39, 0.29) is 24.6 Å². The summed E-state index contributed by atoms with van der Waals surface area (Å²) >= 11 is 1.28. The highest BCUT2D eigenvalue weighted by atomic mass is 32.1. The maximum absolute atomic E-state index is 13.3. The molecule has 4 rings (SSSR count). The minimum atomic E-state index is -0.482. The molecule has 0 fully saturated rings. The van der Waals surface area contributed by atoms with Crippen LogP contribution in [-0.2, 0) is 24.4 Å². The van der Waals surface area contributed by atoms with E-state index in [1.807, 2.05) is 63.2 Å². The van der Waals surface area contributed by atoms with E-state index in [1.54, 1.807) is 11.4 Å². The fourth-order valence-electron chi connectivity index (χ4n) is 3.62. The molecule has 0 radical (unpaired) electrons. The number of hydrogen-bond donors (Lipinski definition) is 1. The summed E-state index contributed by atoms with van der Waals surface area (Å²) in [7, 11) is 0. The summed E-state index contributed by atoms with van der Waals surface area (Å²) in [5, 5.41) is 4.64. The summed E-state index contributed by atoms with van der Waals surface area (Å²) in [5.41, 5.74) is 4.94. The average Bonchev–Trinajstić information content (AvgIpc) is 3.26. The fourth-order valence-corrected chi connectivity index (χ4v) is 4.46. The van der Waals surface area contributed by atoms with Gasteiger partial charge in [-0.3, -0.25) is 18.7 Å². The molecule has 2 aromatic carbocycles. The Balaban J connectivity index is 1.63. The number of rotatable bonds is 6. The van der Waals surface area contributed by atoms with Gasteiger partial charge < -0.3 is 5.32 Å². The van der Waals surface area contributed by atoms with Crippen LogP contribution < -0.4 is 16.6 Å². The molecule has 6 nitrogen and oxygen atoms in total. The quantitative estimate of drug-likeness (QED) is 0.492. The van der Waals surface area contributed by atoms with E-state index in [0.717, 1.165) is 27.8 Å². The topological polar surface area (TPSA) is 73.1 Å². The predicted molar refractivity (Wildman–Crippen MR) is 128 cm³/mol. The van der Waals surface area contributed by atoms with E-state index < -0.39 is 5.69 Å². The molecule has 4 aromatic rings. The van der Waals surface area contributed by atoms with Crippen LogP contribution in [0.2, 0.25) is 0 Å².